The van der Waals surface area contributed by atoms with E-state index in [1.54, 1.807) is 43.1 Å². The lowest BCUT2D eigenvalue weighted by atomic mass is 10.0. The maximum Gasteiger partial charge on any atom is 0.254 e. The number of amides is 1. The molecule has 3 aromatic heterocycles. The number of aromatic nitrogens is 5. The summed E-state index contributed by atoms with van der Waals surface area (Å²) in [5, 5.41) is 5.17. The summed E-state index contributed by atoms with van der Waals surface area (Å²) in [5.41, 5.74) is 4.37. The summed E-state index contributed by atoms with van der Waals surface area (Å²) in [4.78, 5) is 28.0. The van der Waals surface area contributed by atoms with E-state index in [0.717, 1.165) is 22.3 Å². The first kappa shape index (κ1) is 19.5. The van der Waals surface area contributed by atoms with Gasteiger partial charge in [-0.05, 0) is 38.1 Å². The van der Waals surface area contributed by atoms with E-state index < -0.39 is 0 Å². The van der Waals surface area contributed by atoms with Gasteiger partial charge in [-0.1, -0.05) is 0 Å². The summed E-state index contributed by atoms with van der Waals surface area (Å²) in [6.07, 6.45) is 3.51. The molecule has 8 nitrogen and oxygen atoms in total. The van der Waals surface area contributed by atoms with Crippen molar-refractivity contribution < 1.29 is 9.53 Å². The lowest BCUT2D eigenvalue weighted by Crippen LogP contribution is -2.22. The highest BCUT2D eigenvalue weighted by molar-refractivity contribution is 6.07. The lowest BCUT2D eigenvalue weighted by Gasteiger charge is -2.14. The van der Waals surface area contributed by atoms with Crippen LogP contribution >= 0.6 is 0 Å². The number of ether oxygens (including phenoxy) is 1. The van der Waals surface area contributed by atoms with Crippen LogP contribution in [0.5, 0.6) is 5.75 Å². The fraction of sp³-hybridized carbons (Fsp3) is 0.227. The van der Waals surface area contributed by atoms with E-state index in [1.165, 1.54) is 0 Å². The first-order valence-electron chi connectivity index (χ1n) is 9.44. The third kappa shape index (κ3) is 3.59. The Labute approximate surface area is 174 Å². The Bertz CT molecular complexity index is 1240. The number of methoxy groups -OCH3 is 1. The van der Waals surface area contributed by atoms with Gasteiger partial charge in [0.2, 0.25) is 0 Å². The first-order valence-corrected chi connectivity index (χ1v) is 9.44. The normalized spacial score (nSPS) is 11.0. The largest absolute Gasteiger partial charge is 0.497 e. The molecule has 0 aliphatic heterocycles. The number of rotatable bonds is 4. The molecule has 0 aliphatic rings. The molecule has 30 heavy (non-hydrogen) atoms. The van der Waals surface area contributed by atoms with Gasteiger partial charge in [0.1, 0.15) is 5.75 Å². The van der Waals surface area contributed by atoms with E-state index in [-0.39, 0.29) is 5.91 Å². The Morgan fingerprint density at radius 2 is 1.77 bits per heavy atom. The molecule has 3 heterocycles. The summed E-state index contributed by atoms with van der Waals surface area (Å²) in [7, 11) is 5.06. The molecule has 0 bridgehead atoms. The number of pyridine rings is 1. The predicted octanol–water partition coefficient (Wildman–Crippen LogP) is 3.20. The highest BCUT2D eigenvalue weighted by atomic mass is 16.5. The quantitative estimate of drug-likeness (QED) is 0.521. The number of benzene rings is 1. The van der Waals surface area contributed by atoms with E-state index in [2.05, 4.69) is 15.1 Å². The third-order valence-corrected chi connectivity index (χ3v) is 4.71. The van der Waals surface area contributed by atoms with E-state index in [9.17, 15) is 4.79 Å². The summed E-state index contributed by atoms with van der Waals surface area (Å²) in [6.45, 7) is 3.83. The zero-order valence-corrected chi connectivity index (χ0v) is 17.5. The van der Waals surface area contributed by atoms with E-state index in [4.69, 9.17) is 9.72 Å². The van der Waals surface area contributed by atoms with Crippen molar-refractivity contribution in [2.45, 2.75) is 13.8 Å². The van der Waals surface area contributed by atoms with Crippen LogP contribution in [0.3, 0.4) is 0 Å². The Morgan fingerprint density at radius 3 is 2.43 bits per heavy atom. The van der Waals surface area contributed by atoms with Crippen LogP contribution in [0.15, 0.2) is 42.7 Å². The van der Waals surface area contributed by atoms with Crippen molar-refractivity contribution in [3.8, 4) is 23.0 Å². The Balaban J connectivity index is 1.86. The summed E-state index contributed by atoms with van der Waals surface area (Å²) >= 11 is 0. The average molecular weight is 402 g/mol. The smallest absolute Gasteiger partial charge is 0.254 e. The van der Waals surface area contributed by atoms with Crippen molar-refractivity contribution >= 4 is 16.8 Å². The van der Waals surface area contributed by atoms with Crippen molar-refractivity contribution in [1.82, 2.24) is 29.6 Å². The van der Waals surface area contributed by atoms with E-state index in [0.29, 0.717) is 28.5 Å². The van der Waals surface area contributed by atoms with Crippen molar-refractivity contribution in [2.75, 3.05) is 21.2 Å². The van der Waals surface area contributed by atoms with Gasteiger partial charge in [0.15, 0.2) is 0 Å². The topological polar surface area (TPSA) is 86.0 Å². The van der Waals surface area contributed by atoms with Gasteiger partial charge in [-0.25, -0.2) is 19.6 Å². The van der Waals surface area contributed by atoms with Crippen molar-refractivity contribution in [3.05, 3.63) is 59.7 Å². The predicted molar refractivity (Wildman–Crippen MR) is 114 cm³/mol. The van der Waals surface area contributed by atoms with E-state index in [1.807, 2.05) is 44.3 Å². The fourth-order valence-electron chi connectivity index (χ4n) is 3.28. The summed E-state index contributed by atoms with van der Waals surface area (Å²) < 4.78 is 6.94. The minimum atomic E-state index is -0.0983. The Kier molecular flexibility index (Phi) is 4.91. The lowest BCUT2D eigenvalue weighted by molar-refractivity contribution is 0.0829. The van der Waals surface area contributed by atoms with Gasteiger partial charge in [0.25, 0.3) is 11.9 Å². The van der Waals surface area contributed by atoms with Crippen molar-refractivity contribution in [2.24, 2.45) is 0 Å². The molecule has 8 heteroatoms. The molecule has 4 rings (SSSR count). The van der Waals surface area contributed by atoms with Crippen LogP contribution < -0.4 is 4.74 Å². The van der Waals surface area contributed by atoms with Crippen LogP contribution in [-0.4, -0.2) is 56.7 Å². The third-order valence-electron chi connectivity index (χ3n) is 4.71. The van der Waals surface area contributed by atoms with Gasteiger partial charge >= 0.3 is 0 Å². The molecule has 152 valence electrons. The second-order valence-electron chi connectivity index (χ2n) is 7.26. The van der Waals surface area contributed by atoms with Gasteiger partial charge in [-0.3, -0.25) is 4.79 Å². The van der Waals surface area contributed by atoms with Crippen LogP contribution in [0, 0.1) is 13.8 Å². The van der Waals surface area contributed by atoms with Gasteiger partial charge < -0.3 is 9.64 Å². The monoisotopic (exact) mass is 402 g/mol. The highest BCUT2D eigenvalue weighted by Crippen LogP contribution is 2.28. The maximum atomic E-state index is 12.8. The molecular weight excluding hydrogens is 380 g/mol. The average Bonchev–Trinajstić information content (AvgIpc) is 3.21. The zero-order chi connectivity index (χ0) is 21.4. The number of nitrogens with zero attached hydrogens (tertiary/aromatic N) is 6. The molecule has 0 aliphatic carbocycles. The fourth-order valence-corrected chi connectivity index (χ4v) is 3.28. The minimum Gasteiger partial charge on any atom is -0.497 e. The number of hydrogen-bond donors (Lipinski definition) is 0. The minimum absolute atomic E-state index is 0.0983. The molecule has 0 unspecified atom stereocenters. The Hall–Kier alpha value is -3.81. The standard InChI is InChI=1S/C22H22N6O2/c1-13-8-14(2)25-22(24-13)28-12-15(11-23-28)19-10-18(21(29)27(3)4)17-7-6-16(30-5)9-20(17)26-19/h6-12H,1-5H3. The maximum absolute atomic E-state index is 12.8. The second-order valence-corrected chi connectivity index (χ2v) is 7.26. The van der Waals surface area contributed by atoms with Crippen LogP contribution in [0.1, 0.15) is 21.7 Å². The summed E-state index contributed by atoms with van der Waals surface area (Å²) in [6, 6.07) is 9.20. The van der Waals surface area contributed by atoms with Crippen molar-refractivity contribution in [3.63, 3.8) is 0 Å². The molecule has 0 fully saturated rings. The molecule has 0 saturated carbocycles. The molecule has 0 N–H and O–H groups in total. The first-order chi connectivity index (χ1) is 14.4. The van der Waals surface area contributed by atoms with Gasteiger partial charge in [-0.2, -0.15) is 5.10 Å². The SMILES string of the molecule is COc1ccc2c(C(=O)N(C)C)cc(-c3cnn(-c4nc(C)cc(C)n4)c3)nc2c1. The van der Waals surface area contributed by atoms with Gasteiger partial charge in [0.05, 0.1) is 30.1 Å². The number of fused-ring (bicyclic) bond motifs is 1. The molecule has 1 amide bonds. The number of hydrogen-bond acceptors (Lipinski definition) is 6. The number of aryl methyl sites for hydroxylation is 2. The van der Waals surface area contributed by atoms with Crippen LogP contribution in [0.4, 0.5) is 0 Å². The molecule has 0 radical (unpaired) electrons. The van der Waals surface area contributed by atoms with Crippen molar-refractivity contribution in [1.29, 1.82) is 0 Å². The highest BCUT2D eigenvalue weighted by Gasteiger charge is 2.17. The van der Waals surface area contributed by atoms with Crippen LogP contribution in [0.25, 0.3) is 28.1 Å². The molecule has 1 aromatic carbocycles. The van der Waals surface area contributed by atoms with Crippen LogP contribution in [0.2, 0.25) is 0 Å². The number of carbonyl (C=O) groups is 1. The zero-order valence-electron chi connectivity index (χ0n) is 17.5. The molecule has 4 aromatic rings. The molecule has 0 atom stereocenters. The van der Waals surface area contributed by atoms with Gasteiger partial charge in [-0.15, -0.1) is 0 Å². The molecular formula is C22H22N6O2. The summed E-state index contributed by atoms with van der Waals surface area (Å²) in [5.74, 6) is 1.07. The molecule has 0 saturated heterocycles. The number of carbonyl (C=O) groups excluding carboxylic acids is 1. The molecule has 0 spiro atoms. The van der Waals surface area contributed by atoms with E-state index >= 15 is 0 Å². The Morgan fingerprint density at radius 1 is 1.03 bits per heavy atom. The van der Waals surface area contributed by atoms with Crippen LogP contribution in [-0.2, 0) is 0 Å². The second kappa shape index (κ2) is 7.55. The van der Waals surface area contributed by atoms with Gasteiger partial charge in [0, 0.05) is 48.7 Å².